The number of hydrogen-bond donors (Lipinski definition) is 1. The third-order valence-corrected chi connectivity index (χ3v) is 4.12. The fraction of sp³-hybridized carbons (Fsp3) is 0.625. The van der Waals surface area contributed by atoms with Crippen LogP contribution in [0.1, 0.15) is 56.7 Å². The summed E-state index contributed by atoms with van der Waals surface area (Å²) >= 11 is 0. The van der Waals surface area contributed by atoms with E-state index in [9.17, 15) is 0 Å². The van der Waals surface area contributed by atoms with Gasteiger partial charge in [-0.05, 0) is 42.2 Å². The molecule has 94 valence electrons. The Kier molecular flexibility index (Phi) is 4.22. The molecule has 0 bridgehead atoms. The van der Waals surface area contributed by atoms with Gasteiger partial charge >= 0.3 is 0 Å². The van der Waals surface area contributed by atoms with Gasteiger partial charge in [0.25, 0.3) is 0 Å². The van der Waals surface area contributed by atoms with Crippen molar-refractivity contribution in [3.05, 3.63) is 35.4 Å². The van der Waals surface area contributed by atoms with Gasteiger partial charge < -0.3 is 5.73 Å². The molecule has 0 spiro atoms. The minimum absolute atomic E-state index is 0.247. The molecule has 1 aromatic carbocycles. The summed E-state index contributed by atoms with van der Waals surface area (Å²) in [5, 5.41) is 0. The number of hydrogen-bond acceptors (Lipinski definition) is 1. The Labute approximate surface area is 105 Å². The Morgan fingerprint density at radius 3 is 2.82 bits per heavy atom. The lowest BCUT2D eigenvalue weighted by atomic mass is 9.90. The highest BCUT2D eigenvalue weighted by Gasteiger charge is 2.27. The molecule has 1 aliphatic rings. The Morgan fingerprint density at radius 2 is 2.18 bits per heavy atom. The van der Waals surface area contributed by atoms with Crippen LogP contribution >= 0.6 is 0 Å². The van der Waals surface area contributed by atoms with Crippen LogP contribution in [0.25, 0.3) is 0 Å². The first-order valence-electron chi connectivity index (χ1n) is 7.05. The van der Waals surface area contributed by atoms with Crippen LogP contribution in [0.2, 0.25) is 0 Å². The quantitative estimate of drug-likeness (QED) is 0.830. The first kappa shape index (κ1) is 12.6. The van der Waals surface area contributed by atoms with Crippen LogP contribution in [0.3, 0.4) is 0 Å². The van der Waals surface area contributed by atoms with E-state index in [1.165, 1.54) is 43.2 Å². The summed E-state index contributed by atoms with van der Waals surface area (Å²) in [6, 6.07) is 9.15. The molecule has 1 saturated carbocycles. The van der Waals surface area contributed by atoms with Gasteiger partial charge in [-0.15, -0.1) is 0 Å². The molecule has 0 radical (unpaired) electrons. The van der Waals surface area contributed by atoms with Crippen molar-refractivity contribution in [2.24, 2.45) is 17.6 Å². The van der Waals surface area contributed by atoms with Crippen LogP contribution in [-0.2, 0) is 6.42 Å². The van der Waals surface area contributed by atoms with Crippen molar-refractivity contribution in [3.8, 4) is 0 Å². The average Bonchev–Trinajstić information content (AvgIpc) is 2.76. The van der Waals surface area contributed by atoms with E-state index in [4.69, 9.17) is 5.73 Å². The molecule has 17 heavy (non-hydrogen) atoms. The second-order valence-electron chi connectivity index (χ2n) is 5.70. The maximum atomic E-state index is 6.43. The minimum atomic E-state index is 0.247. The summed E-state index contributed by atoms with van der Waals surface area (Å²) in [6.45, 7) is 4.57. The highest BCUT2D eigenvalue weighted by atomic mass is 14.7. The van der Waals surface area contributed by atoms with E-state index in [2.05, 4.69) is 38.1 Å². The predicted molar refractivity (Wildman–Crippen MR) is 73.9 cm³/mol. The van der Waals surface area contributed by atoms with Crippen LogP contribution in [0.4, 0.5) is 0 Å². The van der Waals surface area contributed by atoms with Crippen molar-refractivity contribution in [1.82, 2.24) is 0 Å². The number of benzene rings is 1. The lowest BCUT2D eigenvalue weighted by Gasteiger charge is -2.20. The molecule has 1 aromatic rings. The summed E-state index contributed by atoms with van der Waals surface area (Å²) in [5.41, 5.74) is 9.21. The van der Waals surface area contributed by atoms with Gasteiger partial charge in [-0.1, -0.05) is 51.0 Å². The number of aryl methyl sites for hydroxylation is 1. The second-order valence-corrected chi connectivity index (χ2v) is 5.70. The molecule has 0 aromatic heterocycles. The molecule has 0 saturated heterocycles. The maximum absolute atomic E-state index is 6.43. The van der Waals surface area contributed by atoms with Crippen molar-refractivity contribution in [3.63, 3.8) is 0 Å². The molecule has 1 aliphatic carbocycles. The van der Waals surface area contributed by atoms with E-state index in [1.54, 1.807) is 0 Å². The predicted octanol–water partition coefficient (Wildman–Crippen LogP) is 4.08. The number of rotatable bonds is 4. The van der Waals surface area contributed by atoms with Crippen LogP contribution < -0.4 is 5.73 Å². The molecular weight excluding hydrogens is 206 g/mol. The van der Waals surface area contributed by atoms with Gasteiger partial charge in [-0.25, -0.2) is 0 Å². The van der Waals surface area contributed by atoms with Crippen molar-refractivity contribution < 1.29 is 0 Å². The first-order valence-corrected chi connectivity index (χ1v) is 7.05. The largest absolute Gasteiger partial charge is 0.324 e. The molecule has 2 rings (SSSR count). The smallest absolute Gasteiger partial charge is 0.0323 e. The SMILES string of the molecule is CCCc1cccc(C(N)C2CCC(C)C2)c1. The molecule has 1 nitrogen and oxygen atoms in total. The molecular formula is C16H25N. The first-order chi connectivity index (χ1) is 8.20. The lowest BCUT2D eigenvalue weighted by molar-refractivity contribution is 0.428. The fourth-order valence-corrected chi connectivity index (χ4v) is 3.09. The zero-order valence-electron chi connectivity index (χ0n) is 11.2. The monoisotopic (exact) mass is 231 g/mol. The van der Waals surface area contributed by atoms with Crippen molar-refractivity contribution in [2.75, 3.05) is 0 Å². The average molecular weight is 231 g/mol. The van der Waals surface area contributed by atoms with Crippen molar-refractivity contribution >= 4 is 0 Å². The van der Waals surface area contributed by atoms with Gasteiger partial charge in [0.05, 0.1) is 0 Å². The summed E-state index contributed by atoms with van der Waals surface area (Å²) in [5.74, 6) is 1.56. The van der Waals surface area contributed by atoms with E-state index < -0.39 is 0 Å². The van der Waals surface area contributed by atoms with Crippen molar-refractivity contribution in [2.45, 2.75) is 52.0 Å². The van der Waals surface area contributed by atoms with Crippen LogP contribution in [-0.4, -0.2) is 0 Å². The fourth-order valence-electron chi connectivity index (χ4n) is 3.09. The zero-order valence-corrected chi connectivity index (χ0v) is 11.2. The van der Waals surface area contributed by atoms with E-state index in [0.29, 0.717) is 5.92 Å². The second kappa shape index (κ2) is 5.68. The van der Waals surface area contributed by atoms with Gasteiger partial charge in [-0.2, -0.15) is 0 Å². The summed E-state index contributed by atoms with van der Waals surface area (Å²) in [7, 11) is 0. The van der Waals surface area contributed by atoms with Crippen LogP contribution in [0.15, 0.2) is 24.3 Å². The molecule has 1 heteroatoms. The van der Waals surface area contributed by atoms with E-state index in [0.717, 1.165) is 5.92 Å². The van der Waals surface area contributed by atoms with Gasteiger partial charge in [-0.3, -0.25) is 0 Å². The molecule has 2 N–H and O–H groups in total. The molecule has 0 amide bonds. The molecule has 1 fully saturated rings. The lowest BCUT2D eigenvalue weighted by Crippen LogP contribution is -2.19. The molecule has 3 unspecified atom stereocenters. The third-order valence-electron chi connectivity index (χ3n) is 4.12. The normalized spacial score (nSPS) is 26.1. The summed E-state index contributed by atoms with van der Waals surface area (Å²) < 4.78 is 0. The van der Waals surface area contributed by atoms with Crippen LogP contribution in [0, 0.1) is 11.8 Å². The molecule has 3 atom stereocenters. The Morgan fingerprint density at radius 1 is 1.35 bits per heavy atom. The van der Waals surface area contributed by atoms with Gasteiger partial charge in [0.15, 0.2) is 0 Å². The topological polar surface area (TPSA) is 26.0 Å². The summed E-state index contributed by atoms with van der Waals surface area (Å²) in [6.07, 6.45) is 6.34. The van der Waals surface area contributed by atoms with E-state index >= 15 is 0 Å². The Balaban J connectivity index is 2.07. The highest BCUT2D eigenvalue weighted by molar-refractivity contribution is 5.26. The standard InChI is InChI=1S/C16H25N/c1-3-5-13-6-4-7-14(11-13)16(17)15-9-8-12(2)10-15/h4,6-7,11-12,15-16H,3,5,8-10,17H2,1-2H3. The minimum Gasteiger partial charge on any atom is -0.324 e. The Bertz CT molecular complexity index is 358. The van der Waals surface area contributed by atoms with Crippen molar-refractivity contribution in [1.29, 1.82) is 0 Å². The third kappa shape index (κ3) is 3.10. The number of nitrogens with two attached hydrogens (primary N) is 1. The van der Waals surface area contributed by atoms with E-state index in [-0.39, 0.29) is 6.04 Å². The highest BCUT2D eigenvalue weighted by Crippen LogP contribution is 2.37. The molecule has 0 aliphatic heterocycles. The maximum Gasteiger partial charge on any atom is 0.0323 e. The Hall–Kier alpha value is -0.820. The van der Waals surface area contributed by atoms with Gasteiger partial charge in [0.1, 0.15) is 0 Å². The van der Waals surface area contributed by atoms with Gasteiger partial charge in [0, 0.05) is 6.04 Å². The zero-order chi connectivity index (χ0) is 12.3. The van der Waals surface area contributed by atoms with E-state index in [1.807, 2.05) is 0 Å². The van der Waals surface area contributed by atoms with Gasteiger partial charge in [0.2, 0.25) is 0 Å². The van der Waals surface area contributed by atoms with Crippen LogP contribution in [0.5, 0.6) is 0 Å². The molecule has 0 heterocycles. The summed E-state index contributed by atoms with van der Waals surface area (Å²) in [4.78, 5) is 0.